The number of rotatable bonds is 2. The molecule has 2 bridgehead atoms. The van der Waals surface area contributed by atoms with Gasteiger partial charge in [-0.05, 0) is 66.8 Å². The predicted octanol–water partition coefficient (Wildman–Crippen LogP) is 6.93. The van der Waals surface area contributed by atoms with Crippen molar-refractivity contribution in [1.82, 2.24) is 9.88 Å². The molecule has 2 aliphatic heterocycles. The predicted molar refractivity (Wildman–Crippen MR) is 140 cm³/mol. The van der Waals surface area contributed by atoms with Gasteiger partial charge in [0.2, 0.25) is 11.8 Å². The van der Waals surface area contributed by atoms with Crippen LogP contribution in [-0.2, 0) is 9.59 Å². The largest absolute Gasteiger partial charge is 0.330 e. The third-order valence-corrected chi connectivity index (χ3v) is 7.48. The third kappa shape index (κ3) is 4.92. The molecule has 5 rings (SSSR count). The lowest BCUT2D eigenvalue weighted by Gasteiger charge is -2.34. The minimum atomic E-state index is -0.896. The highest BCUT2D eigenvalue weighted by atomic mass is 35.5. The molecular weight excluding hydrogens is 515 g/mol. The number of amides is 2. The van der Waals surface area contributed by atoms with Crippen molar-refractivity contribution in [3.05, 3.63) is 88.5 Å². The minimum Gasteiger partial charge on any atom is -0.330 e. The fourth-order valence-corrected chi connectivity index (χ4v) is 5.32. The van der Waals surface area contributed by atoms with E-state index < -0.39 is 29.4 Å². The normalized spacial score (nSPS) is 20.1. The number of aromatic nitrogens is 1. The maximum atomic E-state index is 15.0. The fraction of sp³-hybridized carbons (Fsp3) is 0.276. The van der Waals surface area contributed by atoms with Gasteiger partial charge >= 0.3 is 0 Å². The zero-order valence-corrected chi connectivity index (χ0v) is 21.4. The van der Waals surface area contributed by atoms with Gasteiger partial charge in [0.15, 0.2) is 5.82 Å². The highest BCUT2D eigenvalue weighted by Gasteiger charge is 2.31. The van der Waals surface area contributed by atoms with Crippen molar-refractivity contribution in [2.45, 2.75) is 38.6 Å². The van der Waals surface area contributed by atoms with Gasteiger partial charge in [-0.1, -0.05) is 31.0 Å². The van der Waals surface area contributed by atoms with Crippen molar-refractivity contribution in [3.8, 4) is 11.1 Å². The van der Waals surface area contributed by atoms with Crippen LogP contribution in [0.15, 0.2) is 54.7 Å². The number of nitrogens with one attached hydrogen (secondary N) is 1. The van der Waals surface area contributed by atoms with E-state index in [1.165, 1.54) is 18.2 Å². The Hall–Kier alpha value is -3.65. The van der Waals surface area contributed by atoms with E-state index in [9.17, 15) is 18.4 Å². The molecule has 3 aromatic rings. The number of halogens is 4. The first-order chi connectivity index (χ1) is 18.2. The number of anilines is 1. The van der Waals surface area contributed by atoms with Gasteiger partial charge in [0.1, 0.15) is 11.6 Å². The van der Waals surface area contributed by atoms with Crippen LogP contribution < -0.4 is 5.32 Å². The summed E-state index contributed by atoms with van der Waals surface area (Å²) in [5.74, 6) is -3.13. The second-order valence-corrected chi connectivity index (χ2v) is 10.0. The van der Waals surface area contributed by atoms with Crippen molar-refractivity contribution in [2.24, 2.45) is 5.92 Å². The van der Waals surface area contributed by atoms with Gasteiger partial charge in [-0.2, -0.15) is 0 Å². The van der Waals surface area contributed by atoms with Crippen LogP contribution in [0.4, 0.5) is 18.9 Å². The Balaban J connectivity index is 1.55. The summed E-state index contributed by atoms with van der Waals surface area (Å²) < 4.78 is 44.1. The number of benzene rings is 2. The minimum absolute atomic E-state index is 0.202. The van der Waals surface area contributed by atoms with Crippen LogP contribution in [0.25, 0.3) is 16.7 Å². The quantitative estimate of drug-likeness (QED) is 0.359. The fourth-order valence-electron chi connectivity index (χ4n) is 5.16. The van der Waals surface area contributed by atoms with E-state index in [4.69, 9.17) is 11.6 Å². The van der Waals surface area contributed by atoms with Gasteiger partial charge < -0.3 is 10.2 Å². The molecule has 2 unspecified atom stereocenters. The number of fused-ring (bicyclic) bond motifs is 4. The Morgan fingerprint density at radius 3 is 2.61 bits per heavy atom. The average Bonchev–Trinajstić information content (AvgIpc) is 2.89. The summed E-state index contributed by atoms with van der Waals surface area (Å²) >= 11 is 5.86. The molecule has 0 spiro atoms. The molecule has 2 amide bonds. The summed E-state index contributed by atoms with van der Waals surface area (Å²) in [7, 11) is 0. The molecule has 0 saturated heterocycles. The standard InChI is InChI=1S/C29H25ClF3N3O2/c1-16-4-2-7-24(36-13-11-18(15-25(36)37)27-21(32)9-8-19(30)28(27)33)23-14-17(10-12-34-23)26-20(31)5-3-6-22(26)35-29(16)38/h3,5-6,8-10,12,14-16,24H,2,4,7,11,13H2,1H3,(H,35,38). The average molecular weight is 540 g/mol. The summed E-state index contributed by atoms with van der Waals surface area (Å²) in [6, 6.07) is 9.65. The molecule has 0 saturated carbocycles. The van der Waals surface area contributed by atoms with Gasteiger partial charge in [-0.3, -0.25) is 14.6 Å². The van der Waals surface area contributed by atoms with Crippen LogP contribution in [0.3, 0.4) is 0 Å². The van der Waals surface area contributed by atoms with Crippen molar-refractivity contribution in [3.63, 3.8) is 0 Å². The van der Waals surface area contributed by atoms with Crippen molar-refractivity contribution in [1.29, 1.82) is 0 Å². The SMILES string of the molecule is CC1CCCC(N2CCC(c3c(F)ccc(Cl)c3F)=CC2=O)c2cc(ccn2)-c2c(F)cccc2NC1=O. The van der Waals surface area contributed by atoms with E-state index in [0.717, 1.165) is 12.1 Å². The molecule has 196 valence electrons. The van der Waals surface area contributed by atoms with E-state index in [1.54, 1.807) is 29.3 Å². The van der Waals surface area contributed by atoms with Gasteiger partial charge in [0.05, 0.1) is 28.0 Å². The first-order valence-electron chi connectivity index (χ1n) is 12.5. The Morgan fingerprint density at radius 1 is 1.03 bits per heavy atom. The van der Waals surface area contributed by atoms with Crippen molar-refractivity contribution in [2.75, 3.05) is 11.9 Å². The van der Waals surface area contributed by atoms with Crippen LogP contribution in [0.2, 0.25) is 5.02 Å². The smallest absolute Gasteiger partial charge is 0.247 e. The Morgan fingerprint density at radius 2 is 1.82 bits per heavy atom. The molecule has 2 aliphatic rings. The number of hydrogen-bond acceptors (Lipinski definition) is 3. The molecule has 38 heavy (non-hydrogen) atoms. The maximum absolute atomic E-state index is 15.0. The summed E-state index contributed by atoms with van der Waals surface area (Å²) in [5, 5.41) is 2.63. The molecule has 1 aromatic heterocycles. The van der Waals surface area contributed by atoms with E-state index in [-0.39, 0.29) is 46.5 Å². The van der Waals surface area contributed by atoms with Gasteiger partial charge in [0.25, 0.3) is 0 Å². The monoisotopic (exact) mass is 539 g/mol. The van der Waals surface area contributed by atoms with Crippen molar-refractivity contribution < 1.29 is 22.8 Å². The first kappa shape index (κ1) is 26.0. The number of carbonyl (C=O) groups excluding carboxylic acids is 2. The van der Waals surface area contributed by atoms with Crippen LogP contribution in [0.1, 0.15) is 49.9 Å². The van der Waals surface area contributed by atoms with Gasteiger partial charge in [0, 0.05) is 30.3 Å². The van der Waals surface area contributed by atoms with E-state index >= 15 is 4.39 Å². The lowest BCUT2D eigenvalue weighted by molar-refractivity contribution is -0.129. The van der Waals surface area contributed by atoms with Crippen LogP contribution in [-0.4, -0.2) is 28.2 Å². The molecule has 1 N–H and O–H groups in total. The molecule has 0 radical (unpaired) electrons. The lowest BCUT2D eigenvalue weighted by atomic mass is 9.92. The summed E-state index contributed by atoms with van der Waals surface area (Å²) in [5.41, 5.74) is 1.64. The number of pyridine rings is 1. The molecule has 5 nitrogen and oxygen atoms in total. The van der Waals surface area contributed by atoms with Crippen LogP contribution in [0.5, 0.6) is 0 Å². The van der Waals surface area contributed by atoms with Crippen LogP contribution in [0, 0.1) is 23.4 Å². The Labute approximate surface area is 223 Å². The number of carbonyl (C=O) groups is 2. The highest BCUT2D eigenvalue weighted by molar-refractivity contribution is 6.31. The third-order valence-electron chi connectivity index (χ3n) is 7.19. The molecule has 2 aromatic carbocycles. The molecule has 3 heterocycles. The second-order valence-electron chi connectivity index (χ2n) is 9.64. The maximum Gasteiger partial charge on any atom is 0.247 e. The van der Waals surface area contributed by atoms with Crippen molar-refractivity contribution >= 4 is 34.7 Å². The molecule has 0 fully saturated rings. The zero-order valence-electron chi connectivity index (χ0n) is 20.6. The number of nitrogens with zero attached hydrogens (tertiary/aromatic N) is 2. The van der Waals surface area contributed by atoms with Gasteiger partial charge in [-0.15, -0.1) is 0 Å². The molecule has 9 heteroatoms. The summed E-state index contributed by atoms with van der Waals surface area (Å²) in [6.07, 6.45) is 4.69. The van der Waals surface area contributed by atoms with Gasteiger partial charge in [-0.25, -0.2) is 13.2 Å². The van der Waals surface area contributed by atoms with E-state index in [2.05, 4.69) is 10.3 Å². The summed E-state index contributed by atoms with van der Waals surface area (Å²) in [6.45, 7) is 2.01. The zero-order chi connectivity index (χ0) is 27.0. The van der Waals surface area contributed by atoms with E-state index in [0.29, 0.717) is 36.2 Å². The second kappa shape index (κ2) is 10.6. The number of hydrogen-bond donors (Lipinski definition) is 1. The Kier molecular flexibility index (Phi) is 7.25. The molecule has 0 aliphatic carbocycles. The van der Waals surface area contributed by atoms with Crippen LogP contribution >= 0.6 is 11.6 Å². The lowest BCUT2D eigenvalue weighted by Crippen LogP contribution is -2.38. The van der Waals surface area contributed by atoms with E-state index in [1.807, 2.05) is 6.92 Å². The highest BCUT2D eigenvalue weighted by Crippen LogP contribution is 2.38. The Bertz CT molecular complexity index is 1460. The topological polar surface area (TPSA) is 62.3 Å². The summed E-state index contributed by atoms with van der Waals surface area (Å²) in [4.78, 5) is 32.3. The first-order valence-corrected chi connectivity index (χ1v) is 12.8. The molecule has 2 atom stereocenters. The molecular formula is C29H25ClF3N3O2.